The molecule has 0 saturated carbocycles. The molecule has 0 amide bonds. The predicted octanol–water partition coefficient (Wildman–Crippen LogP) is 2.06. The van der Waals surface area contributed by atoms with Gasteiger partial charge < -0.3 is 5.73 Å². The van der Waals surface area contributed by atoms with Gasteiger partial charge in [-0.05, 0) is 12.1 Å². The summed E-state index contributed by atoms with van der Waals surface area (Å²) in [5, 5.41) is 0.572. The molecule has 0 radical (unpaired) electrons. The third-order valence-electron chi connectivity index (χ3n) is 1.000. The first-order valence-electron chi connectivity index (χ1n) is 2.70. The Kier molecular flexibility index (Phi) is 2.35. The minimum Gasteiger partial charge on any atom is -0.384 e. The topological polar surface area (TPSA) is 38.9 Å². The second-order valence-electron chi connectivity index (χ2n) is 1.84. The lowest BCUT2D eigenvalue weighted by atomic mass is 10.4. The van der Waals surface area contributed by atoms with Gasteiger partial charge in [0.2, 0.25) is 0 Å². The molecule has 0 unspecified atom stereocenters. The Labute approximate surface area is 69.0 Å². The summed E-state index contributed by atoms with van der Waals surface area (Å²) in [5.41, 5.74) is 6.08. The molecule has 0 bridgehead atoms. The normalized spacial score (nSPS) is 9.80. The molecule has 4 heteroatoms. The molecule has 1 heterocycles. The van der Waals surface area contributed by atoms with Crippen LogP contribution in [0.4, 0.5) is 5.82 Å². The summed E-state index contributed by atoms with van der Waals surface area (Å²) in [7, 11) is 0. The van der Waals surface area contributed by atoms with Gasteiger partial charge in [-0.2, -0.15) is 0 Å². The van der Waals surface area contributed by atoms with Crippen LogP contribution in [0.2, 0.25) is 5.02 Å². The van der Waals surface area contributed by atoms with Crippen molar-refractivity contribution in [2.24, 2.45) is 0 Å². The summed E-state index contributed by atoms with van der Waals surface area (Å²) in [5.74, 6) is 0.744. The van der Waals surface area contributed by atoms with E-state index in [0.29, 0.717) is 22.4 Å². The van der Waals surface area contributed by atoms with Crippen LogP contribution < -0.4 is 5.73 Å². The highest BCUT2D eigenvalue weighted by Crippen LogP contribution is 2.13. The zero-order chi connectivity index (χ0) is 7.56. The maximum absolute atomic E-state index is 5.65. The third-order valence-corrected chi connectivity index (χ3v) is 1.49. The molecule has 0 aliphatic rings. The molecule has 1 rings (SSSR count). The largest absolute Gasteiger partial charge is 0.384 e. The van der Waals surface area contributed by atoms with Gasteiger partial charge in [-0.3, -0.25) is 0 Å². The fourth-order valence-corrected chi connectivity index (χ4v) is 1.02. The molecule has 0 aliphatic heterocycles. The molecule has 2 nitrogen and oxygen atoms in total. The van der Waals surface area contributed by atoms with Crippen LogP contribution in [0.25, 0.3) is 0 Å². The summed E-state index contributed by atoms with van der Waals surface area (Å²) in [6.07, 6.45) is 0. The van der Waals surface area contributed by atoms with Crippen LogP contribution in [-0.4, -0.2) is 4.98 Å². The summed E-state index contributed by atoms with van der Waals surface area (Å²) in [6, 6.07) is 3.27. The Morgan fingerprint density at radius 1 is 1.50 bits per heavy atom. The molecule has 0 aromatic carbocycles. The van der Waals surface area contributed by atoms with Crippen LogP contribution in [0.1, 0.15) is 5.69 Å². The molecular weight excluding hydrogens is 171 g/mol. The van der Waals surface area contributed by atoms with Gasteiger partial charge in [0, 0.05) is 5.02 Å². The third kappa shape index (κ3) is 1.75. The monoisotopic (exact) mass is 176 g/mol. The van der Waals surface area contributed by atoms with E-state index in [9.17, 15) is 0 Å². The smallest absolute Gasteiger partial charge is 0.125 e. The van der Waals surface area contributed by atoms with Crippen LogP contribution in [0.3, 0.4) is 0 Å². The number of anilines is 1. The van der Waals surface area contributed by atoms with Gasteiger partial charge in [0.1, 0.15) is 5.82 Å². The Morgan fingerprint density at radius 3 is 2.70 bits per heavy atom. The Hall–Kier alpha value is -0.470. The molecule has 0 atom stereocenters. The molecular formula is C6H6Cl2N2. The SMILES string of the molecule is Nc1cc(Cl)cc(CCl)n1. The summed E-state index contributed by atoms with van der Waals surface area (Å²) in [6.45, 7) is 0. The maximum atomic E-state index is 5.65. The maximum Gasteiger partial charge on any atom is 0.125 e. The van der Waals surface area contributed by atoms with Crippen molar-refractivity contribution in [3.05, 3.63) is 22.8 Å². The lowest BCUT2D eigenvalue weighted by Crippen LogP contribution is -1.92. The van der Waals surface area contributed by atoms with E-state index in [1.807, 2.05) is 0 Å². The summed E-state index contributed by atoms with van der Waals surface area (Å²) < 4.78 is 0. The fraction of sp³-hybridized carbons (Fsp3) is 0.167. The zero-order valence-electron chi connectivity index (χ0n) is 5.14. The first-order chi connectivity index (χ1) is 4.72. The van der Waals surface area contributed by atoms with Crippen LogP contribution in [0, 0.1) is 0 Å². The number of hydrogen-bond donors (Lipinski definition) is 1. The molecule has 2 N–H and O–H groups in total. The van der Waals surface area contributed by atoms with Crippen molar-refractivity contribution in [3.8, 4) is 0 Å². The number of hydrogen-bond acceptors (Lipinski definition) is 2. The first-order valence-corrected chi connectivity index (χ1v) is 3.61. The quantitative estimate of drug-likeness (QED) is 0.666. The van der Waals surface area contributed by atoms with Crippen molar-refractivity contribution in [1.29, 1.82) is 0 Å². The van der Waals surface area contributed by atoms with E-state index in [4.69, 9.17) is 28.9 Å². The number of rotatable bonds is 1. The Balaban J connectivity index is 3.06. The van der Waals surface area contributed by atoms with Gasteiger partial charge >= 0.3 is 0 Å². The van der Waals surface area contributed by atoms with Gasteiger partial charge in [-0.15, -0.1) is 11.6 Å². The van der Waals surface area contributed by atoms with Crippen LogP contribution in [-0.2, 0) is 5.88 Å². The van der Waals surface area contributed by atoms with Crippen molar-refractivity contribution >= 4 is 29.0 Å². The number of halogens is 2. The second-order valence-corrected chi connectivity index (χ2v) is 2.54. The van der Waals surface area contributed by atoms with Gasteiger partial charge in [0.05, 0.1) is 11.6 Å². The van der Waals surface area contributed by atoms with E-state index in [1.54, 1.807) is 12.1 Å². The number of pyridine rings is 1. The van der Waals surface area contributed by atoms with Gasteiger partial charge in [-0.1, -0.05) is 11.6 Å². The summed E-state index contributed by atoms with van der Waals surface area (Å²) in [4.78, 5) is 3.91. The number of nitrogens with two attached hydrogens (primary N) is 1. The number of nitrogens with zero attached hydrogens (tertiary/aromatic N) is 1. The van der Waals surface area contributed by atoms with E-state index in [-0.39, 0.29) is 0 Å². The minimum absolute atomic E-state index is 0.338. The molecule has 0 spiro atoms. The van der Waals surface area contributed by atoms with E-state index >= 15 is 0 Å². The lowest BCUT2D eigenvalue weighted by molar-refractivity contribution is 1.18. The Morgan fingerprint density at radius 2 is 2.20 bits per heavy atom. The Bertz CT molecular complexity index is 217. The van der Waals surface area contributed by atoms with E-state index in [1.165, 1.54) is 0 Å². The van der Waals surface area contributed by atoms with Crippen LogP contribution >= 0.6 is 23.2 Å². The molecule has 10 heavy (non-hydrogen) atoms. The molecule has 54 valence electrons. The van der Waals surface area contributed by atoms with Crippen molar-refractivity contribution in [2.45, 2.75) is 5.88 Å². The molecule has 1 aromatic rings. The highest BCUT2D eigenvalue weighted by molar-refractivity contribution is 6.30. The van der Waals surface area contributed by atoms with E-state index in [0.717, 1.165) is 0 Å². The van der Waals surface area contributed by atoms with Gasteiger partial charge in [-0.25, -0.2) is 4.98 Å². The number of alkyl halides is 1. The van der Waals surface area contributed by atoms with Crippen LogP contribution in [0.15, 0.2) is 12.1 Å². The number of nitrogen functional groups attached to an aromatic ring is 1. The van der Waals surface area contributed by atoms with Crippen molar-refractivity contribution < 1.29 is 0 Å². The standard InChI is InChI=1S/C6H6Cl2N2/c7-3-5-1-4(8)2-6(9)10-5/h1-2H,3H2,(H2,9,10). The highest BCUT2D eigenvalue weighted by Gasteiger charge is 1.95. The summed E-state index contributed by atoms with van der Waals surface area (Å²) >= 11 is 11.1. The van der Waals surface area contributed by atoms with E-state index in [2.05, 4.69) is 4.98 Å². The minimum atomic E-state index is 0.338. The molecule has 0 saturated heterocycles. The fourth-order valence-electron chi connectivity index (χ4n) is 0.641. The zero-order valence-corrected chi connectivity index (χ0v) is 6.65. The average Bonchev–Trinajstić information content (AvgIpc) is 1.85. The molecule has 0 fully saturated rings. The van der Waals surface area contributed by atoms with Crippen molar-refractivity contribution in [3.63, 3.8) is 0 Å². The van der Waals surface area contributed by atoms with Crippen molar-refractivity contribution in [2.75, 3.05) is 5.73 Å². The van der Waals surface area contributed by atoms with Crippen LogP contribution in [0.5, 0.6) is 0 Å². The predicted molar refractivity (Wildman–Crippen MR) is 43.2 cm³/mol. The van der Waals surface area contributed by atoms with Crippen molar-refractivity contribution in [1.82, 2.24) is 4.98 Å². The average molecular weight is 177 g/mol. The van der Waals surface area contributed by atoms with Gasteiger partial charge in [0.15, 0.2) is 0 Å². The first kappa shape index (κ1) is 7.63. The molecule has 1 aromatic heterocycles. The second kappa shape index (κ2) is 3.08. The highest BCUT2D eigenvalue weighted by atomic mass is 35.5. The number of aromatic nitrogens is 1. The van der Waals surface area contributed by atoms with Gasteiger partial charge in [0.25, 0.3) is 0 Å². The van der Waals surface area contributed by atoms with E-state index < -0.39 is 0 Å². The molecule has 0 aliphatic carbocycles. The lowest BCUT2D eigenvalue weighted by Gasteiger charge is -1.96.